The largest absolute Gasteiger partial charge is 0.497 e. The smallest absolute Gasteiger partial charge is 0.346 e. The molecule has 2 aromatic carbocycles. The molecular weight excluding hydrogens is 318 g/mol. The van der Waals surface area contributed by atoms with Crippen molar-refractivity contribution in [1.29, 1.82) is 5.26 Å². The molecule has 5 nitrogen and oxygen atoms in total. The maximum Gasteiger partial charge on any atom is 0.346 e. The third-order valence-corrected chi connectivity index (χ3v) is 3.25. The highest BCUT2D eigenvalue weighted by atomic mass is 35.5. The Morgan fingerprint density at radius 3 is 2.30 bits per heavy atom. The van der Waals surface area contributed by atoms with Crippen LogP contribution in [0.15, 0.2) is 48.0 Å². The summed E-state index contributed by atoms with van der Waals surface area (Å²) in [7, 11) is 1.58. The lowest BCUT2D eigenvalue weighted by molar-refractivity contribution is -0.132. The number of halogens is 1. The predicted molar refractivity (Wildman–Crippen MR) is 85.7 cm³/mol. The van der Waals surface area contributed by atoms with Gasteiger partial charge in [-0.1, -0.05) is 11.6 Å². The second-order valence-corrected chi connectivity index (χ2v) is 4.84. The number of carboxylic acid groups (broad SMARTS) is 1. The Morgan fingerprint density at radius 2 is 1.78 bits per heavy atom. The number of carbonyl (C=O) groups is 1. The highest BCUT2D eigenvalue weighted by Gasteiger charge is 2.08. The molecule has 0 radical (unpaired) electrons. The molecule has 0 aliphatic heterocycles. The van der Waals surface area contributed by atoms with E-state index in [9.17, 15) is 4.79 Å². The van der Waals surface area contributed by atoms with E-state index in [-0.39, 0.29) is 5.02 Å². The number of aliphatic carboxylic acids is 1. The number of rotatable bonds is 5. The number of nitriles is 1. The fraction of sp³-hybridized carbons (Fsp3) is 0.0588. The van der Waals surface area contributed by atoms with Crippen LogP contribution in [0.25, 0.3) is 6.08 Å². The van der Waals surface area contributed by atoms with E-state index in [1.807, 2.05) is 0 Å². The zero-order chi connectivity index (χ0) is 16.8. The fourth-order valence-corrected chi connectivity index (χ4v) is 1.99. The van der Waals surface area contributed by atoms with Gasteiger partial charge in [0.25, 0.3) is 0 Å². The maximum absolute atomic E-state index is 10.8. The van der Waals surface area contributed by atoms with Crippen LogP contribution < -0.4 is 9.47 Å². The van der Waals surface area contributed by atoms with Gasteiger partial charge in [-0.3, -0.25) is 0 Å². The van der Waals surface area contributed by atoms with Crippen LogP contribution in [0.3, 0.4) is 0 Å². The summed E-state index contributed by atoms with van der Waals surface area (Å²) in [6.07, 6.45) is 1.21. The van der Waals surface area contributed by atoms with E-state index in [4.69, 9.17) is 31.4 Å². The van der Waals surface area contributed by atoms with E-state index in [1.54, 1.807) is 55.6 Å². The maximum atomic E-state index is 10.8. The molecule has 0 aliphatic carbocycles. The molecule has 1 N–H and O–H groups in total. The molecule has 2 rings (SSSR count). The van der Waals surface area contributed by atoms with Crippen molar-refractivity contribution in [2.24, 2.45) is 0 Å². The molecule has 2 aromatic rings. The van der Waals surface area contributed by atoms with Gasteiger partial charge in [0, 0.05) is 0 Å². The van der Waals surface area contributed by atoms with Gasteiger partial charge < -0.3 is 14.6 Å². The first kappa shape index (κ1) is 16.4. The number of benzene rings is 2. The first-order chi connectivity index (χ1) is 11.0. The van der Waals surface area contributed by atoms with Gasteiger partial charge in [-0.25, -0.2) is 4.79 Å². The van der Waals surface area contributed by atoms with Crippen LogP contribution in [-0.2, 0) is 4.79 Å². The SMILES string of the molecule is COc1ccc(Oc2ccc(C=C(C#N)C(=O)O)c(Cl)c2)cc1. The van der Waals surface area contributed by atoms with E-state index in [1.165, 1.54) is 6.08 Å². The van der Waals surface area contributed by atoms with Crippen molar-refractivity contribution >= 4 is 23.6 Å². The molecule has 116 valence electrons. The summed E-state index contributed by atoms with van der Waals surface area (Å²) in [6, 6.07) is 13.4. The number of nitrogens with zero attached hydrogens (tertiary/aromatic N) is 1. The molecule has 0 bridgehead atoms. The van der Waals surface area contributed by atoms with Gasteiger partial charge in [0.15, 0.2) is 0 Å². The van der Waals surface area contributed by atoms with Crippen molar-refractivity contribution < 1.29 is 19.4 Å². The molecular formula is C17H12ClNO4. The molecule has 0 saturated carbocycles. The van der Waals surface area contributed by atoms with Gasteiger partial charge in [-0.15, -0.1) is 0 Å². The molecule has 0 aromatic heterocycles. The van der Waals surface area contributed by atoms with E-state index < -0.39 is 11.5 Å². The van der Waals surface area contributed by atoms with Gasteiger partial charge in [0.05, 0.1) is 12.1 Å². The number of ether oxygens (including phenoxy) is 2. The topological polar surface area (TPSA) is 79.5 Å². The molecule has 23 heavy (non-hydrogen) atoms. The highest BCUT2D eigenvalue weighted by Crippen LogP contribution is 2.29. The van der Waals surface area contributed by atoms with E-state index >= 15 is 0 Å². The molecule has 6 heteroatoms. The third kappa shape index (κ3) is 4.25. The highest BCUT2D eigenvalue weighted by molar-refractivity contribution is 6.32. The van der Waals surface area contributed by atoms with Gasteiger partial charge in [0.1, 0.15) is 28.9 Å². The molecule has 0 saturated heterocycles. The molecule has 0 aliphatic rings. The monoisotopic (exact) mass is 329 g/mol. The second-order valence-electron chi connectivity index (χ2n) is 4.44. The number of hydrogen-bond donors (Lipinski definition) is 1. The van der Waals surface area contributed by atoms with E-state index in [0.717, 1.165) is 0 Å². The quantitative estimate of drug-likeness (QED) is 0.659. The number of methoxy groups -OCH3 is 1. The van der Waals surface area contributed by atoms with Crippen LogP contribution >= 0.6 is 11.6 Å². The van der Waals surface area contributed by atoms with E-state index in [0.29, 0.717) is 22.8 Å². The average molecular weight is 330 g/mol. The summed E-state index contributed by atoms with van der Waals surface area (Å²) < 4.78 is 10.7. The Balaban J connectivity index is 2.22. The summed E-state index contributed by atoms with van der Waals surface area (Å²) in [5.74, 6) is 0.509. The minimum Gasteiger partial charge on any atom is -0.497 e. The molecule has 0 fully saturated rings. The van der Waals surface area contributed by atoms with Gasteiger partial charge in [-0.05, 0) is 54.1 Å². The zero-order valence-electron chi connectivity index (χ0n) is 12.1. The summed E-state index contributed by atoms with van der Waals surface area (Å²) in [5.41, 5.74) is 0.0309. The number of carboxylic acids is 1. The van der Waals surface area contributed by atoms with Crippen LogP contribution in [-0.4, -0.2) is 18.2 Å². The Labute approximate surface area is 138 Å². The molecule has 0 amide bonds. The average Bonchev–Trinajstić information content (AvgIpc) is 2.54. The van der Waals surface area contributed by atoms with Crippen molar-refractivity contribution in [3.05, 3.63) is 58.6 Å². The summed E-state index contributed by atoms with van der Waals surface area (Å²) in [4.78, 5) is 10.8. The van der Waals surface area contributed by atoms with Crippen LogP contribution in [0.4, 0.5) is 0 Å². The fourth-order valence-electron chi connectivity index (χ4n) is 1.77. The first-order valence-electron chi connectivity index (χ1n) is 6.50. The number of hydrogen-bond acceptors (Lipinski definition) is 4. The lowest BCUT2D eigenvalue weighted by atomic mass is 10.1. The van der Waals surface area contributed by atoms with Crippen LogP contribution in [0.2, 0.25) is 5.02 Å². The molecule has 0 heterocycles. The van der Waals surface area contributed by atoms with Crippen molar-refractivity contribution in [1.82, 2.24) is 0 Å². The minimum atomic E-state index is -1.30. The van der Waals surface area contributed by atoms with Crippen LogP contribution in [0.5, 0.6) is 17.2 Å². The zero-order valence-corrected chi connectivity index (χ0v) is 12.9. The summed E-state index contributed by atoms with van der Waals surface area (Å²) in [5, 5.41) is 17.9. The Morgan fingerprint density at radius 1 is 1.17 bits per heavy atom. The van der Waals surface area contributed by atoms with Gasteiger partial charge >= 0.3 is 5.97 Å². The van der Waals surface area contributed by atoms with Gasteiger partial charge in [-0.2, -0.15) is 5.26 Å². The van der Waals surface area contributed by atoms with Gasteiger partial charge in [0.2, 0.25) is 0 Å². The Hall–Kier alpha value is -2.97. The Bertz CT molecular complexity index is 791. The normalized spacial score (nSPS) is 10.7. The minimum absolute atomic E-state index is 0.282. The standard InChI is InChI=1S/C17H12ClNO4/c1-22-13-4-6-14(7-5-13)23-15-3-2-11(16(18)9-15)8-12(10-19)17(20)21/h2-9H,1H3,(H,20,21). The van der Waals surface area contributed by atoms with Crippen LogP contribution in [0.1, 0.15) is 5.56 Å². The molecule has 0 atom stereocenters. The van der Waals surface area contributed by atoms with Crippen LogP contribution in [0, 0.1) is 11.3 Å². The first-order valence-corrected chi connectivity index (χ1v) is 6.88. The second kappa shape index (κ2) is 7.34. The molecule has 0 spiro atoms. The molecule has 0 unspecified atom stereocenters. The predicted octanol–water partition coefficient (Wildman–Crippen LogP) is 4.13. The van der Waals surface area contributed by atoms with Crippen molar-refractivity contribution in [2.45, 2.75) is 0 Å². The summed E-state index contributed by atoms with van der Waals surface area (Å²) >= 11 is 6.10. The third-order valence-electron chi connectivity index (χ3n) is 2.92. The Kier molecular flexibility index (Phi) is 5.23. The van der Waals surface area contributed by atoms with Crippen molar-refractivity contribution in [3.8, 4) is 23.3 Å². The lowest BCUT2D eigenvalue weighted by Crippen LogP contribution is -1.97. The van der Waals surface area contributed by atoms with Crippen molar-refractivity contribution in [3.63, 3.8) is 0 Å². The summed E-state index contributed by atoms with van der Waals surface area (Å²) in [6.45, 7) is 0. The van der Waals surface area contributed by atoms with Crippen molar-refractivity contribution in [2.75, 3.05) is 7.11 Å². The lowest BCUT2D eigenvalue weighted by Gasteiger charge is -2.08. The van der Waals surface area contributed by atoms with E-state index in [2.05, 4.69) is 0 Å².